The maximum Gasteiger partial charge on any atom is 0.123 e. The second-order valence-corrected chi connectivity index (χ2v) is 5.33. The van der Waals surface area contributed by atoms with Crippen molar-refractivity contribution in [3.8, 4) is 0 Å². The van der Waals surface area contributed by atoms with Crippen molar-refractivity contribution in [2.45, 2.75) is 38.3 Å². The molecule has 1 fully saturated rings. The van der Waals surface area contributed by atoms with E-state index in [0.717, 1.165) is 17.7 Å². The van der Waals surface area contributed by atoms with Crippen LogP contribution in [-0.2, 0) is 5.60 Å². The molecule has 1 saturated heterocycles. The van der Waals surface area contributed by atoms with Gasteiger partial charge in [-0.25, -0.2) is 4.39 Å². The van der Waals surface area contributed by atoms with Gasteiger partial charge >= 0.3 is 0 Å². The van der Waals surface area contributed by atoms with Gasteiger partial charge < -0.3 is 10.0 Å². The quantitative estimate of drug-likeness (QED) is 0.811. The lowest BCUT2D eigenvalue weighted by Gasteiger charge is -2.41. The second-order valence-electron chi connectivity index (χ2n) is 5.33. The number of nitrogens with zero attached hydrogens (tertiary/aromatic N) is 1. The molecule has 2 atom stereocenters. The first kappa shape index (κ1) is 12.5. The molecule has 17 heavy (non-hydrogen) atoms. The summed E-state index contributed by atoms with van der Waals surface area (Å²) in [7, 11) is 2.06. The average Bonchev–Trinajstić information content (AvgIpc) is 2.23. The standard InChI is InChI=1S/C14H20FNO/c1-10-6-12(8-13(15)7-10)14(17)4-5-16(3)11(2)9-14/h6-8,11,17H,4-5,9H2,1-3H3. The van der Waals surface area contributed by atoms with E-state index >= 15 is 0 Å². The minimum absolute atomic E-state index is 0.264. The van der Waals surface area contributed by atoms with Crippen LogP contribution in [0.5, 0.6) is 0 Å². The summed E-state index contributed by atoms with van der Waals surface area (Å²) in [6.45, 7) is 4.79. The van der Waals surface area contributed by atoms with Gasteiger partial charge in [-0.15, -0.1) is 0 Å². The minimum Gasteiger partial charge on any atom is -0.385 e. The van der Waals surface area contributed by atoms with Gasteiger partial charge in [0.1, 0.15) is 5.82 Å². The van der Waals surface area contributed by atoms with Crippen molar-refractivity contribution >= 4 is 0 Å². The van der Waals surface area contributed by atoms with Crippen LogP contribution in [0.3, 0.4) is 0 Å². The zero-order chi connectivity index (χ0) is 12.6. The maximum atomic E-state index is 13.4. The van der Waals surface area contributed by atoms with Gasteiger partial charge in [0.2, 0.25) is 0 Å². The molecule has 1 aromatic carbocycles. The molecule has 1 aromatic rings. The fourth-order valence-corrected chi connectivity index (χ4v) is 2.60. The molecule has 0 aliphatic carbocycles. The summed E-state index contributed by atoms with van der Waals surface area (Å²) in [6.07, 6.45) is 1.32. The van der Waals surface area contributed by atoms with Crippen LogP contribution in [0.2, 0.25) is 0 Å². The predicted molar refractivity (Wildman–Crippen MR) is 66.4 cm³/mol. The lowest BCUT2D eigenvalue weighted by atomic mass is 9.81. The number of aryl methyl sites for hydroxylation is 1. The number of benzene rings is 1. The number of hydrogen-bond acceptors (Lipinski definition) is 2. The first-order valence-electron chi connectivity index (χ1n) is 6.11. The molecule has 1 N–H and O–H groups in total. The molecule has 3 heteroatoms. The molecule has 2 unspecified atom stereocenters. The molecule has 0 spiro atoms. The summed E-state index contributed by atoms with van der Waals surface area (Å²) in [5.41, 5.74) is 0.702. The Bertz CT molecular complexity index is 400. The number of piperidine rings is 1. The Balaban J connectivity index is 2.31. The van der Waals surface area contributed by atoms with Gasteiger partial charge in [-0.2, -0.15) is 0 Å². The van der Waals surface area contributed by atoms with E-state index in [9.17, 15) is 9.50 Å². The van der Waals surface area contributed by atoms with E-state index in [2.05, 4.69) is 18.9 Å². The Morgan fingerprint density at radius 2 is 2.12 bits per heavy atom. The third kappa shape index (κ3) is 2.50. The van der Waals surface area contributed by atoms with Crippen LogP contribution in [-0.4, -0.2) is 29.6 Å². The van der Waals surface area contributed by atoms with Crippen molar-refractivity contribution in [2.75, 3.05) is 13.6 Å². The summed E-state index contributed by atoms with van der Waals surface area (Å²) in [5, 5.41) is 10.7. The van der Waals surface area contributed by atoms with Gasteiger partial charge in [0.25, 0.3) is 0 Å². The number of rotatable bonds is 1. The zero-order valence-electron chi connectivity index (χ0n) is 10.7. The summed E-state index contributed by atoms with van der Waals surface area (Å²) < 4.78 is 13.4. The molecular weight excluding hydrogens is 217 g/mol. The predicted octanol–water partition coefficient (Wildman–Crippen LogP) is 2.44. The van der Waals surface area contributed by atoms with Crippen LogP contribution >= 0.6 is 0 Å². The highest BCUT2D eigenvalue weighted by Gasteiger charge is 2.36. The van der Waals surface area contributed by atoms with E-state index < -0.39 is 5.60 Å². The molecule has 0 radical (unpaired) electrons. The SMILES string of the molecule is Cc1cc(F)cc(C2(O)CCN(C)C(C)C2)c1. The molecule has 94 valence electrons. The Morgan fingerprint density at radius 3 is 2.71 bits per heavy atom. The lowest BCUT2D eigenvalue weighted by Crippen LogP contribution is -2.45. The van der Waals surface area contributed by atoms with Gasteiger partial charge in [0.05, 0.1) is 5.60 Å². The highest BCUT2D eigenvalue weighted by Crippen LogP contribution is 2.35. The highest BCUT2D eigenvalue weighted by molar-refractivity contribution is 5.29. The minimum atomic E-state index is -0.876. The number of likely N-dealkylation sites (tertiary alicyclic amines) is 1. The largest absolute Gasteiger partial charge is 0.385 e. The van der Waals surface area contributed by atoms with E-state index in [-0.39, 0.29) is 5.82 Å². The van der Waals surface area contributed by atoms with Gasteiger partial charge in [-0.3, -0.25) is 0 Å². The number of aliphatic hydroxyl groups is 1. The number of halogens is 1. The summed E-state index contributed by atoms with van der Waals surface area (Å²) >= 11 is 0. The van der Waals surface area contributed by atoms with Gasteiger partial charge in [0.15, 0.2) is 0 Å². The van der Waals surface area contributed by atoms with Crippen LogP contribution in [0.1, 0.15) is 30.9 Å². The van der Waals surface area contributed by atoms with Crippen LogP contribution in [0, 0.1) is 12.7 Å². The summed E-state index contributed by atoms with van der Waals surface area (Å²) in [6, 6.07) is 5.16. The van der Waals surface area contributed by atoms with Crippen molar-refractivity contribution in [1.82, 2.24) is 4.90 Å². The third-order valence-corrected chi connectivity index (χ3v) is 3.84. The molecular formula is C14H20FNO. The smallest absolute Gasteiger partial charge is 0.123 e. The van der Waals surface area contributed by atoms with Crippen LogP contribution in [0.4, 0.5) is 4.39 Å². The molecule has 0 bridgehead atoms. The molecule has 0 aromatic heterocycles. The van der Waals surface area contributed by atoms with Crippen LogP contribution < -0.4 is 0 Å². The Morgan fingerprint density at radius 1 is 1.41 bits per heavy atom. The molecule has 1 aliphatic rings. The molecule has 0 amide bonds. The van der Waals surface area contributed by atoms with Crippen molar-refractivity contribution in [3.05, 3.63) is 35.1 Å². The first-order valence-corrected chi connectivity index (χ1v) is 6.11. The normalized spacial score (nSPS) is 30.5. The second kappa shape index (κ2) is 4.39. The fraction of sp³-hybridized carbons (Fsp3) is 0.571. The van der Waals surface area contributed by atoms with Crippen molar-refractivity contribution in [3.63, 3.8) is 0 Å². The molecule has 1 heterocycles. The Labute approximate surface area is 102 Å². The zero-order valence-corrected chi connectivity index (χ0v) is 10.7. The molecule has 1 aliphatic heterocycles. The Hall–Kier alpha value is -0.930. The van der Waals surface area contributed by atoms with Crippen molar-refractivity contribution < 1.29 is 9.50 Å². The molecule has 2 nitrogen and oxygen atoms in total. The molecule has 2 rings (SSSR count). The lowest BCUT2D eigenvalue weighted by molar-refractivity contribution is -0.0410. The van der Waals surface area contributed by atoms with E-state index in [4.69, 9.17) is 0 Å². The highest BCUT2D eigenvalue weighted by atomic mass is 19.1. The average molecular weight is 237 g/mol. The third-order valence-electron chi connectivity index (χ3n) is 3.84. The van der Waals surface area contributed by atoms with Crippen molar-refractivity contribution in [2.24, 2.45) is 0 Å². The van der Waals surface area contributed by atoms with Crippen LogP contribution in [0.15, 0.2) is 18.2 Å². The van der Waals surface area contributed by atoms with Crippen LogP contribution in [0.25, 0.3) is 0 Å². The van der Waals surface area contributed by atoms with Crippen molar-refractivity contribution in [1.29, 1.82) is 0 Å². The van der Waals surface area contributed by atoms with E-state index in [0.29, 0.717) is 18.9 Å². The van der Waals surface area contributed by atoms with E-state index in [1.54, 1.807) is 0 Å². The number of hydrogen-bond donors (Lipinski definition) is 1. The molecule has 0 saturated carbocycles. The monoisotopic (exact) mass is 237 g/mol. The summed E-state index contributed by atoms with van der Waals surface area (Å²) in [4.78, 5) is 2.22. The first-order chi connectivity index (χ1) is 7.90. The fourth-order valence-electron chi connectivity index (χ4n) is 2.60. The summed E-state index contributed by atoms with van der Waals surface area (Å²) in [5.74, 6) is -0.264. The van der Waals surface area contributed by atoms with E-state index in [1.807, 2.05) is 13.0 Å². The van der Waals surface area contributed by atoms with E-state index in [1.165, 1.54) is 12.1 Å². The maximum absolute atomic E-state index is 13.4. The van der Waals surface area contributed by atoms with Gasteiger partial charge in [-0.05, 0) is 57.0 Å². The topological polar surface area (TPSA) is 23.5 Å². The van der Waals surface area contributed by atoms with Gasteiger partial charge in [-0.1, -0.05) is 6.07 Å². The van der Waals surface area contributed by atoms with Gasteiger partial charge in [0, 0.05) is 12.6 Å². The Kier molecular flexibility index (Phi) is 3.23.